The topological polar surface area (TPSA) is 63.9 Å². The van der Waals surface area contributed by atoms with Gasteiger partial charge < -0.3 is 4.74 Å². The van der Waals surface area contributed by atoms with E-state index in [4.69, 9.17) is 21.9 Å². The Labute approximate surface area is 198 Å². The lowest BCUT2D eigenvalue weighted by atomic mass is 10.2. The van der Waals surface area contributed by atoms with E-state index in [1.807, 2.05) is 36.4 Å². The van der Waals surface area contributed by atoms with Crippen LogP contribution in [0.2, 0.25) is 0 Å². The van der Waals surface area contributed by atoms with Gasteiger partial charge in [-0.05, 0) is 43.2 Å². The van der Waals surface area contributed by atoms with E-state index < -0.39 is 0 Å². The molecule has 0 unspecified atom stereocenters. The van der Waals surface area contributed by atoms with Gasteiger partial charge in [0.25, 0.3) is 11.5 Å². The summed E-state index contributed by atoms with van der Waals surface area (Å²) in [6, 6.07) is 15.2. The standard InChI is InChI=1S/C23H19N3O3S3/c27-21-17(13-18-22(28)26(23(30)32-18)14-15-7-6-12-29-15)20(31-16-8-2-1-3-9-16)24-19-10-4-5-11-25(19)21/h1-5,8-11,13,15H,6-7,12,14H2/b18-13-/t15-/m1/s1. The van der Waals surface area contributed by atoms with Crippen LogP contribution in [0.3, 0.4) is 0 Å². The molecule has 0 aliphatic carbocycles. The van der Waals surface area contributed by atoms with E-state index in [0.717, 1.165) is 24.3 Å². The van der Waals surface area contributed by atoms with Crippen molar-refractivity contribution in [3.05, 3.63) is 75.6 Å². The highest BCUT2D eigenvalue weighted by Gasteiger charge is 2.35. The molecule has 0 bridgehead atoms. The van der Waals surface area contributed by atoms with Crippen molar-refractivity contribution in [3.63, 3.8) is 0 Å². The number of aromatic nitrogens is 2. The molecular weight excluding hydrogens is 462 g/mol. The second kappa shape index (κ2) is 9.19. The van der Waals surface area contributed by atoms with Gasteiger partial charge in [0.2, 0.25) is 0 Å². The number of hydrogen-bond acceptors (Lipinski definition) is 7. The molecule has 2 saturated heterocycles. The van der Waals surface area contributed by atoms with Gasteiger partial charge in [0.1, 0.15) is 15.0 Å². The Bertz CT molecular complexity index is 1280. The third-order valence-corrected chi connectivity index (χ3v) is 7.64. The molecule has 0 radical (unpaired) electrons. The average molecular weight is 482 g/mol. The highest BCUT2D eigenvalue weighted by Crippen LogP contribution is 2.35. The molecule has 0 spiro atoms. The zero-order valence-electron chi connectivity index (χ0n) is 17.0. The molecule has 2 aliphatic rings. The molecule has 1 atom stereocenters. The number of ether oxygens (including phenoxy) is 1. The Morgan fingerprint density at radius 2 is 2.00 bits per heavy atom. The highest BCUT2D eigenvalue weighted by atomic mass is 32.2. The molecule has 1 amide bonds. The second-order valence-electron chi connectivity index (χ2n) is 7.41. The van der Waals surface area contributed by atoms with Crippen LogP contribution >= 0.6 is 35.7 Å². The van der Waals surface area contributed by atoms with Gasteiger partial charge in [0.05, 0.1) is 23.1 Å². The first-order chi connectivity index (χ1) is 15.6. The van der Waals surface area contributed by atoms with E-state index in [1.165, 1.54) is 27.9 Å². The fourth-order valence-electron chi connectivity index (χ4n) is 3.66. The fourth-order valence-corrected chi connectivity index (χ4v) is 5.83. The van der Waals surface area contributed by atoms with Crippen molar-refractivity contribution in [3.8, 4) is 0 Å². The van der Waals surface area contributed by atoms with Gasteiger partial charge in [-0.2, -0.15) is 0 Å². The van der Waals surface area contributed by atoms with Gasteiger partial charge in [-0.3, -0.25) is 18.9 Å². The number of thiocarbonyl (C=S) groups is 1. The van der Waals surface area contributed by atoms with Crippen LogP contribution in [-0.2, 0) is 9.53 Å². The number of benzene rings is 1. The van der Waals surface area contributed by atoms with Crippen LogP contribution in [0.25, 0.3) is 11.7 Å². The van der Waals surface area contributed by atoms with Crippen molar-refractivity contribution in [2.75, 3.05) is 13.2 Å². The van der Waals surface area contributed by atoms with Gasteiger partial charge in [0, 0.05) is 17.7 Å². The third kappa shape index (κ3) is 4.25. The van der Waals surface area contributed by atoms with E-state index in [-0.39, 0.29) is 17.6 Å². The largest absolute Gasteiger partial charge is 0.376 e. The smallest absolute Gasteiger partial charge is 0.266 e. The first kappa shape index (κ1) is 21.4. The van der Waals surface area contributed by atoms with Crippen molar-refractivity contribution < 1.29 is 9.53 Å². The van der Waals surface area contributed by atoms with Crippen molar-refractivity contribution in [2.24, 2.45) is 0 Å². The summed E-state index contributed by atoms with van der Waals surface area (Å²) in [5.41, 5.74) is 0.706. The molecule has 2 aromatic heterocycles. The Morgan fingerprint density at radius 3 is 2.78 bits per heavy atom. The van der Waals surface area contributed by atoms with Gasteiger partial charge in [-0.15, -0.1) is 0 Å². The van der Waals surface area contributed by atoms with Gasteiger partial charge in [-0.1, -0.05) is 60.0 Å². The zero-order chi connectivity index (χ0) is 22.1. The SMILES string of the molecule is O=C1/C(=C/c2c(Sc3ccccc3)nc3ccccn3c2=O)SC(=S)N1C[C@H]1CCCO1. The van der Waals surface area contributed by atoms with Crippen LogP contribution in [0.15, 0.2) is 74.3 Å². The summed E-state index contributed by atoms with van der Waals surface area (Å²) in [7, 11) is 0. The van der Waals surface area contributed by atoms with Crippen LogP contribution in [-0.4, -0.2) is 43.8 Å². The fraction of sp³-hybridized carbons (Fsp3) is 0.217. The molecule has 2 fully saturated rings. The predicted molar refractivity (Wildman–Crippen MR) is 131 cm³/mol. The number of nitrogens with zero attached hydrogens (tertiary/aromatic N) is 3. The molecule has 4 heterocycles. The van der Waals surface area contributed by atoms with Crippen molar-refractivity contribution >= 4 is 57.7 Å². The molecule has 32 heavy (non-hydrogen) atoms. The maximum atomic E-state index is 13.4. The number of hydrogen-bond donors (Lipinski definition) is 0. The summed E-state index contributed by atoms with van der Waals surface area (Å²) in [5, 5.41) is 0.553. The molecule has 6 nitrogen and oxygen atoms in total. The van der Waals surface area contributed by atoms with E-state index in [9.17, 15) is 9.59 Å². The van der Waals surface area contributed by atoms with Crippen molar-refractivity contribution in [1.29, 1.82) is 0 Å². The maximum absolute atomic E-state index is 13.4. The van der Waals surface area contributed by atoms with Crippen LogP contribution < -0.4 is 5.56 Å². The van der Waals surface area contributed by atoms with Crippen LogP contribution in [0, 0.1) is 0 Å². The number of carbonyl (C=O) groups is 1. The van der Waals surface area contributed by atoms with Crippen LogP contribution in [0.4, 0.5) is 0 Å². The summed E-state index contributed by atoms with van der Waals surface area (Å²) >= 11 is 8.08. The first-order valence-corrected chi connectivity index (χ1v) is 12.3. The molecule has 3 aromatic rings. The Kier molecular flexibility index (Phi) is 6.14. The van der Waals surface area contributed by atoms with Gasteiger partial charge in [0.15, 0.2) is 0 Å². The summed E-state index contributed by atoms with van der Waals surface area (Å²) in [5.74, 6) is -0.191. The molecule has 2 aliphatic heterocycles. The quantitative estimate of drug-likeness (QED) is 0.307. The predicted octanol–water partition coefficient (Wildman–Crippen LogP) is 4.23. The minimum Gasteiger partial charge on any atom is -0.376 e. The molecule has 9 heteroatoms. The van der Waals surface area contributed by atoms with Crippen LogP contribution in [0.1, 0.15) is 18.4 Å². The Balaban J connectivity index is 1.55. The molecule has 0 N–H and O–H groups in total. The van der Waals surface area contributed by atoms with Gasteiger partial charge in [-0.25, -0.2) is 4.98 Å². The number of pyridine rings is 1. The monoisotopic (exact) mass is 481 g/mol. The maximum Gasteiger partial charge on any atom is 0.266 e. The highest BCUT2D eigenvalue weighted by molar-refractivity contribution is 8.26. The lowest BCUT2D eigenvalue weighted by Gasteiger charge is -2.18. The van der Waals surface area contributed by atoms with E-state index in [2.05, 4.69) is 0 Å². The number of carbonyl (C=O) groups excluding carboxylic acids is 1. The Hall–Kier alpha value is -2.46. The third-order valence-electron chi connectivity index (χ3n) is 5.25. The number of rotatable bonds is 5. The number of amides is 1. The molecular formula is C23H19N3O3S3. The lowest BCUT2D eigenvalue weighted by molar-refractivity contribution is -0.123. The minimum atomic E-state index is -0.224. The first-order valence-electron chi connectivity index (χ1n) is 10.2. The molecule has 1 aromatic carbocycles. The van der Waals surface area contributed by atoms with E-state index in [0.29, 0.717) is 32.0 Å². The number of fused-ring (bicyclic) bond motifs is 1. The molecule has 5 rings (SSSR count). The normalized spacial score (nSPS) is 20.1. The second-order valence-corrected chi connectivity index (χ2v) is 10.1. The van der Waals surface area contributed by atoms with E-state index in [1.54, 1.807) is 29.3 Å². The molecule has 0 saturated carbocycles. The zero-order valence-corrected chi connectivity index (χ0v) is 19.4. The molecule has 162 valence electrons. The summed E-state index contributed by atoms with van der Waals surface area (Å²) in [6.45, 7) is 1.16. The number of thioether (sulfide) groups is 1. The van der Waals surface area contributed by atoms with Crippen molar-refractivity contribution in [1.82, 2.24) is 14.3 Å². The average Bonchev–Trinajstić information content (AvgIpc) is 3.41. The Morgan fingerprint density at radius 1 is 1.19 bits per heavy atom. The van der Waals surface area contributed by atoms with E-state index >= 15 is 0 Å². The van der Waals surface area contributed by atoms with Crippen LogP contribution in [0.5, 0.6) is 0 Å². The summed E-state index contributed by atoms with van der Waals surface area (Å²) in [6.07, 6.45) is 5.24. The summed E-state index contributed by atoms with van der Waals surface area (Å²) < 4.78 is 7.65. The summed E-state index contributed by atoms with van der Waals surface area (Å²) in [4.78, 5) is 34.1. The van der Waals surface area contributed by atoms with Crippen molar-refractivity contribution in [2.45, 2.75) is 28.9 Å². The lowest BCUT2D eigenvalue weighted by Crippen LogP contribution is -2.35. The van der Waals surface area contributed by atoms with Gasteiger partial charge >= 0.3 is 0 Å². The minimum absolute atomic E-state index is 0.00834.